The molecule has 16 heavy (non-hydrogen) atoms. The summed E-state index contributed by atoms with van der Waals surface area (Å²) in [5.41, 5.74) is 0. The van der Waals surface area contributed by atoms with Crippen molar-refractivity contribution in [2.45, 2.75) is 13.8 Å². The van der Waals surface area contributed by atoms with Gasteiger partial charge >= 0.3 is 0 Å². The maximum atomic E-state index is 5.68. The van der Waals surface area contributed by atoms with Crippen LogP contribution in [-0.4, -0.2) is 13.2 Å². The summed E-state index contributed by atoms with van der Waals surface area (Å²) in [4.78, 5) is 0. The van der Waals surface area contributed by atoms with Gasteiger partial charge in [0.15, 0.2) is 11.5 Å². The van der Waals surface area contributed by atoms with Crippen molar-refractivity contribution >= 4 is 10.8 Å². The summed E-state index contributed by atoms with van der Waals surface area (Å²) >= 11 is 0. The van der Waals surface area contributed by atoms with Crippen molar-refractivity contribution in [3.05, 3.63) is 36.4 Å². The third-order valence-electron chi connectivity index (χ3n) is 2.43. The second-order valence-corrected chi connectivity index (χ2v) is 3.48. The lowest BCUT2D eigenvalue weighted by Gasteiger charge is -2.13. The van der Waals surface area contributed by atoms with Gasteiger partial charge < -0.3 is 9.47 Å². The summed E-state index contributed by atoms with van der Waals surface area (Å²) in [6.07, 6.45) is 0. The predicted octanol–water partition coefficient (Wildman–Crippen LogP) is 3.64. The lowest BCUT2D eigenvalue weighted by molar-refractivity contribution is 0.291. The largest absolute Gasteiger partial charge is 0.490 e. The molecule has 0 amide bonds. The minimum Gasteiger partial charge on any atom is -0.490 e. The van der Waals surface area contributed by atoms with E-state index in [9.17, 15) is 0 Å². The molecule has 0 saturated heterocycles. The summed E-state index contributed by atoms with van der Waals surface area (Å²) in [5.74, 6) is 1.67. The number of hydrogen-bond acceptors (Lipinski definition) is 2. The average Bonchev–Trinajstić information content (AvgIpc) is 2.32. The van der Waals surface area contributed by atoms with Crippen molar-refractivity contribution in [2.75, 3.05) is 13.2 Å². The molecule has 0 aliphatic carbocycles. The van der Waals surface area contributed by atoms with Crippen LogP contribution in [-0.2, 0) is 0 Å². The maximum absolute atomic E-state index is 5.68. The molecule has 0 radical (unpaired) electrons. The lowest BCUT2D eigenvalue weighted by Crippen LogP contribution is -1.98. The molecule has 0 spiro atoms. The van der Waals surface area contributed by atoms with Crippen LogP contribution in [0.25, 0.3) is 10.8 Å². The van der Waals surface area contributed by atoms with Crippen LogP contribution in [0.3, 0.4) is 0 Å². The first-order valence-corrected chi connectivity index (χ1v) is 5.64. The van der Waals surface area contributed by atoms with E-state index in [1.165, 1.54) is 5.39 Å². The van der Waals surface area contributed by atoms with Crippen LogP contribution >= 0.6 is 0 Å². The van der Waals surface area contributed by atoms with E-state index in [2.05, 4.69) is 18.2 Å². The van der Waals surface area contributed by atoms with Crippen LogP contribution in [0.2, 0.25) is 0 Å². The smallest absolute Gasteiger partial charge is 0.168 e. The van der Waals surface area contributed by atoms with Crippen molar-refractivity contribution in [3.8, 4) is 11.5 Å². The van der Waals surface area contributed by atoms with Gasteiger partial charge in [-0.25, -0.2) is 0 Å². The van der Waals surface area contributed by atoms with E-state index in [4.69, 9.17) is 9.47 Å². The highest BCUT2D eigenvalue weighted by Gasteiger charge is 2.08. The molecule has 2 aromatic rings. The average molecular weight is 216 g/mol. The number of hydrogen-bond donors (Lipinski definition) is 0. The first-order valence-electron chi connectivity index (χ1n) is 5.64. The van der Waals surface area contributed by atoms with Crippen LogP contribution in [0, 0.1) is 0 Å². The van der Waals surface area contributed by atoms with Crippen LogP contribution < -0.4 is 9.47 Å². The molecule has 0 aliphatic heterocycles. The summed E-state index contributed by atoms with van der Waals surface area (Å²) in [6.45, 7) is 5.26. The molecule has 84 valence electrons. The molecule has 2 heteroatoms. The molecule has 0 unspecified atom stereocenters. The van der Waals surface area contributed by atoms with Gasteiger partial charge in [-0.1, -0.05) is 30.3 Å². The van der Waals surface area contributed by atoms with E-state index in [-0.39, 0.29) is 0 Å². The molecule has 2 nitrogen and oxygen atoms in total. The Morgan fingerprint density at radius 3 is 2.38 bits per heavy atom. The Labute approximate surface area is 95.8 Å². The Bertz CT molecular complexity index is 477. The fraction of sp³-hybridized carbons (Fsp3) is 0.286. The molecule has 0 saturated carbocycles. The number of ether oxygens (including phenoxy) is 2. The topological polar surface area (TPSA) is 18.5 Å². The molecule has 0 fully saturated rings. The zero-order chi connectivity index (χ0) is 11.4. The van der Waals surface area contributed by atoms with Gasteiger partial charge in [0.05, 0.1) is 13.2 Å². The minimum absolute atomic E-state index is 0.647. The monoisotopic (exact) mass is 216 g/mol. The van der Waals surface area contributed by atoms with Crippen molar-refractivity contribution < 1.29 is 9.47 Å². The molecule has 0 bridgehead atoms. The van der Waals surface area contributed by atoms with Gasteiger partial charge in [0, 0.05) is 5.39 Å². The lowest BCUT2D eigenvalue weighted by atomic mass is 10.1. The number of rotatable bonds is 4. The Balaban J connectivity index is 2.58. The van der Waals surface area contributed by atoms with E-state index >= 15 is 0 Å². The van der Waals surface area contributed by atoms with Crippen LogP contribution in [0.5, 0.6) is 11.5 Å². The maximum Gasteiger partial charge on any atom is 0.168 e. The molecule has 2 rings (SSSR count). The first-order chi connectivity index (χ1) is 7.86. The third-order valence-corrected chi connectivity index (χ3v) is 2.43. The third kappa shape index (κ3) is 1.96. The molecule has 0 atom stereocenters. The minimum atomic E-state index is 0.647. The molecular formula is C14H16O2. The van der Waals surface area contributed by atoms with Gasteiger partial charge in [-0.05, 0) is 25.3 Å². The highest BCUT2D eigenvalue weighted by molar-refractivity contribution is 5.90. The quantitative estimate of drug-likeness (QED) is 0.776. The fourth-order valence-electron chi connectivity index (χ4n) is 1.79. The van der Waals surface area contributed by atoms with Crippen molar-refractivity contribution in [3.63, 3.8) is 0 Å². The van der Waals surface area contributed by atoms with Crippen LogP contribution in [0.4, 0.5) is 0 Å². The van der Waals surface area contributed by atoms with Crippen molar-refractivity contribution in [2.24, 2.45) is 0 Å². The SMILES string of the molecule is CCOc1ccc2ccccc2c1OCC. The van der Waals surface area contributed by atoms with E-state index in [0.29, 0.717) is 13.2 Å². The molecule has 0 N–H and O–H groups in total. The fourth-order valence-corrected chi connectivity index (χ4v) is 1.79. The Morgan fingerprint density at radius 2 is 1.62 bits per heavy atom. The zero-order valence-corrected chi connectivity index (χ0v) is 9.69. The van der Waals surface area contributed by atoms with Crippen LogP contribution in [0.15, 0.2) is 36.4 Å². The highest BCUT2D eigenvalue weighted by atomic mass is 16.5. The molecular weight excluding hydrogens is 200 g/mol. The second-order valence-electron chi connectivity index (χ2n) is 3.48. The second kappa shape index (κ2) is 4.88. The van der Waals surface area contributed by atoms with E-state index in [0.717, 1.165) is 16.9 Å². The highest BCUT2D eigenvalue weighted by Crippen LogP contribution is 2.35. The van der Waals surface area contributed by atoms with Crippen LogP contribution in [0.1, 0.15) is 13.8 Å². The summed E-state index contributed by atoms with van der Waals surface area (Å²) in [7, 11) is 0. The molecule has 0 heterocycles. The van der Waals surface area contributed by atoms with Gasteiger partial charge in [-0.3, -0.25) is 0 Å². The van der Waals surface area contributed by atoms with Crippen molar-refractivity contribution in [1.82, 2.24) is 0 Å². The summed E-state index contributed by atoms with van der Waals surface area (Å²) in [5, 5.41) is 2.28. The number of fused-ring (bicyclic) bond motifs is 1. The summed E-state index contributed by atoms with van der Waals surface area (Å²) < 4.78 is 11.3. The number of benzene rings is 2. The normalized spacial score (nSPS) is 10.4. The Morgan fingerprint density at radius 1 is 0.875 bits per heavy atom. The standard InChI is InChI=1S/C14H16O2/c1-3-15-13-10-9-11-7-5-6-8-12(11)14(13)16-4-2/h5-10H,3-4H2,1-2H3. The summed E-state index contributed by atoms with van der Waals surface area (Å²) in [6, 6.07) is 12.2. The van der Waals surface area contributed by atoms with Gasteiger partial charge in [0.2, 0.25) is 0 Å². The predicted molar refractivity (Wildman–Crippen MR) is 66.3 cm³/mol. The molecule has 0 aromatic heterocycles. The van der Waals surface area contributed by atoms with Gasteiger partial charge in [-0.2, -0.15) is 0 Å². The van der Waals surface area contributed by atoms with Gasteiger partial charge in [0.1, 0.15) is 0 Å². The molecule has 2 aromatic carbocycles. The van der Waals surface area contributed by atoms with E-state index < -0.39 is 0 Å². The zero-order valence-electron chi connectivity index (χ0n) is 9.69. The van der Waals surface area contributed by atoms with Crippen molar-refractivity contribution in [1.29, 1.82) is 0 Å². The van der Waals surface area contributed by atoms with E-state index in [1.807, 2.05) is 32.0 Å². The van der Waals surface area contributed by atoms with Gasteiger partial charge in [-0.15, -0.1) is 0 Å². The first kappa shape index (κ1) is 10.8. The Hall–Kier alpha value is -1.70. The molecule has 0 aliphatic rings. The van der Waals surface area contributed by atoms with E-state index in [1.54, 1.807) is 0 Å². The Kier molecular flexibility index (Phi) is 3.30. The van der Waals surface area contributed by atoms with Gasteiger partial charge in [0.25, 0.3) is 0 Å².